The van der Waals surface area contributed by atoms with E-state index in [1.54, 1.807) is 7.05 Å². The fraction of sp³-hybridized carbons (Fsp3) is 0.611. The lowest BCUT2D eigenvalue weighted by molar-refractivity contribution is 0.0389. The van der Waals surface area contributed by atoms with Crippen LogP contribution in [-0.2, 0) is 4.74 Å². The number of aliphatic imine (C=N–C) groups is 1. The molecule has 2 N–H and O–H groups in total. The van der Waals surface area contributed by atoms with Crippen LogP contribution in [0.2, 0.25) is 0 Å². The van der Waals surface area contributed by atoms with Gasteiger partial charge in [-0.3, -0.25) is 9.89 Å². The Hall–Kier alpha value is -1.79. The van der Waals surface area contributed by atoms with Gasteiger partial charge in [0.15, 0.2) is 5.96 Å². The molecule has 1 saturated heterocycles. The zero-order valence-electron chi connectivity index (χ0n) is 14.9. The second kappa shape index (κ2) is 10.9. The van der Waals surface area contributed by atoms with Crippen LogP contribution in [0.25, 0.3) is 0 Å². The van der Waals surface area contributed by atoms with Crippen LogP contribution in [-0.4, -0.2) is 70.5 Å². The second-order valence-electron chi connectivity index (χ2n) is 5.85. The second-order valence-corrected chi connectivity index (χ2v) is 5.85. The van der Waals surface area contributed by atoms with E-state index in [9.17, 15) is 0 Å². The minimum atomic E-state index is 0.697. The summed E-state index contributed by atoms with van der Waals surface area (Å²) in [6, 6.07) is 8.10. The summed E-state index contributed by atoms with van der Waals surface area (Å²) >= 11 is 0. The van der Waals surface area contributed by atoms with Crippen molar-refractivity contribution < 1.29 is 9.47 Å². The van der Waals surface area contributed by atoms with Crippen molar-refractivity contribution in [1.29, 1.82) is 0 Å². The maximum atomic E-state index is 5.79. The van der Waals surface area contributed by atoms with Crippen molar-refractivity contribution in [2.45, 2.75) is 13.3 Å². The van der Waals surface area contributed by atoms with Gasteiger partial charge in [0, 0.05) is 39.8 Å². The summed E-state index contributed by atoms with van der Waals surface area (Å²) in [7, 11) is 1.80. The molecule has 0 spiro atoms. The van der Waals surface area contributed by atoms with Gasteiger partial charge in [0.05, 0.1) is 19.8 Å². The van der Waals surface area contributed by atoms with Crippen molar-refractivity contribution in [2.75, 3.05) is 59.6 Å². The molecule has 0 radical (unpaired) electrons. The van der Waals surface area contributed by atoms with Gasteiger partial charge in [0.2, 0.25) is 0 Å². The first-order valence-electron chi connectivity index (χ1n) is 8.72. The Morgan fingerprint density at radius 2 is 1.96 bits per heavy atom. The zero-order chi connectivity index (χ0) is 17.0. The third-order valence-corrected chi connectivity index (χ3v) is 4.01. The molecule has 1 aliphatic rings. The molecule has 0 atom stereocenters. The smallest absolute Gasteiger partial charge is 0.191 e. The first-order chi connectivity index (χ1) is 11.8. The quantitative estimate of drug-likeness (QED) is 0.426. The minimum absolute atomic E-state index is 0.697. The highest BCUT2D eigenvalue weighted by atomic mass is 16.5. The van der Waals surface area contributed by atoms with Crippen LogP contribution in [0.4, 0.5) is 0 Å². The Balaban J connectivity index is 1.54. The topological polar surface area (TPSA) is 58.1 Å². The minimum Gasteiger partial charge on any atom is -0.493 e. The molecule has 1 fully saturated rings. The summed E-state index contributed by atoms with van der Waals surface area (Å²) in [4.78, 5) is 6.65. The largest absolute Gasteiger partial charge is 0.493 e. The molecule has 0 bridgehead atoms. The highest BCUT2D eigenvalue weighted by Gasteiger charge is 2.09. The molecule has 24 heavy (non-hydrogen) atoms. The molecule has 6 nitrogen and oxygen atoms in total. The Bertz CT molecular complexity index is 502. The molecule has 1 heterocycles. The lowest BCUT2D eigenvalue weighted by atomic mass is 10.2. The number of ether oxygens (including phenoxy) is 2. The molecule has 0 saturated carbocycles. The highest BCUT2D eigenvalue weighted by Crippen LogP contribution is 2.15. The van der Waals surface area contributed by atoms with E-state index >= 15 is 0 Å². The van der Waals surface area contributed by atoms with Gasteiger partial charge < -0.3 is 20.1 Å². The fourth-order valence-corrected chi connectivity index (χ4v) is 2.56. The number of benzene rings is 1. The lowest BCUT2D eigenvalue weighted by Gasteiger charge is -2.26. The van der Waals surface area contributed by atoms with E-state index in [4.69, 9.17) is 9.47 Å². The van der Waals surface area contributed by atoms with E-state index in [0.717, 1.165) is 64.1 Å². The maximum Gasteiger partial charge on any atom is 0.191 e. The number of guanidine groups is 1. The Kier molecular flexibility index (Phi) is 8.41. The number of aryl methyl sites for hydroxylation is 1. The van der Waals surface area contributed by atoms with Gasteiger partial charge in [-0.15, -0.1) is 0 Å². The van der Waals surface area contributed by atoms with Gasteiger partial charge >= 0.3 is 0 Å². The molecule has 0 aromatic heterocycles. The Morgan fingerprint density at radius 3 is 2.71 bits per heavy atom. The average molecular weight is 334 g/mol. The third-order valence-electron chi connectivity index (χ3n) is 4.01. The fourth-order valence-electron chi connectivity index (χ4n) is 2.56. The first kappa shape index (κ1) is 18.5. The van der Waals surface area contributed by atoms with E-state index in [-0.39, 0.29) is 0 Å². The number of hydrogen-bond donors (Lipinski definition) is 2. The van der Waals surface area contributed by atoms with Crippen LogP contribution in [0.1, 0.15) is 12.0 Å². The molecule has 2 rings (SSSR count). The summed E-state index contributed by atoms with van der Waals surface area (Å²) in [5, 5.41) is 6.67. The average Bonchev–Trinajstić information content (AvgIpc) is 2.62. The molecule has 0 amide bonds. The summed E-state index contributed by atoms with van der Waals surface area (Å²) in [5.41, 5.74) is 1.17. The van der Waals surface area contributed by atoms with E-state index in [2.05, 4.69) is 33.5 Å². The van der Waals surface area contributed by atoms with Gasteiger partial charge in [0.25, 0.3) is 0 Å². The maximum absolute atomic E-state index is 5.79. The van der Waals surface area contributed by atoms with Crippen molar-refractivity contribution in [1.82, 2.24) is 15.5 Å². The van der Waals surface area contributed by atoms with Crippen molar-refractivity contribution in [3.63, 3.8) is 0 Å². The number of para-hydroxylation sites is 1. The Labute approximate surface area is 145 Å². The molecule has 0 aliphatic carbocycles. The van der Waals surface area contributed by atoms with Gasteiger partial charge in [0.1, 0.15) is 5.75 Å². The van der Waals surface area contributed by atoms with Crippen LogP contribution in [0.15, 0.2) is 29.3 Å². The van der Waals surface area contributed by atoms with E-state index < -0.39 is 0 Å². The van der Waals surface area contributed by atoms with E-state index in [0.29, 0.717) is 6.61 Å². The first-order valence-corrected chi connectivity index (χ1v) is 8.72. The molecule has 0 unspecified atom stereocenters. The Morgan fingerprint density at radius 1 is 1.21 bits per heavy atom. The molecule has 1 aromatic rings. The number of nitrogens with one attached hydrogen (secondary N) is 2. The van der Waals surface area contributed by atoms with E-state index in [1.165, 1.54) is 5.56 Å². The highest BCUT2D eigenvalue weighted by molar-refractivity contribution is 5.79. The normalized spacial score (nSPS) is 16.0. The number of rotatable bonds is 8. The number of morpholine rings is 1. The molecular weight excluding hydrogens is 304 g/mol. The molecule has 1 aliphatic heterocycles. The van der Waals surface area contributed by atoms with Gasteiger partial charge in [-0.05, 0) is 25.0 Å². The molecule has 1 aromatic carbocycles. The predicted octanol–water partition coefficient (Wildman–Crippen LogP) is 1.26. The zero-order valence-corrected chi connectivity index (χ0v) is 14.9. The number of nitrogens with zero attached hydrogens (tertiary/aromatic N) is 2. The van der Waals surface area contributed by atoms with Crippen molar-refractivity contribution >= 4 is 5.96 Å². The van der Waals surface area contributed by atoms with Crippen LogP contribution in [0.5, 0.6) is 5.75 Å². The molecule has 6 heteroatoms. The van der Waals surface area contributed by atoms with E-state index in [1.807, 2.05) is 18.2 Å². The molecule has 134 valence electrons. The van der Waals surface area contributed by atoms with Crippen LogP contribution in [0.3, 0.4) is 0 Å². The molecular formula is C18H30N4O2. The summed E-state index contributed by atoms with van der Waals surface area (Å²) < 4.78 is 11.1. The summed E-state index contributed by atoms with van der Waals surface area (Å²) in [5.74, 6) is 1.81. The van der Waals surface area contributed by atoms with Crippen molar-refractivity contribution in [3.05, 3.63) is 29.8 Å². The summed E-state index contributed by atoms with van der Waals surface area (Å²) in [6.45, 7) is 9.22. The SMILES string of the molecule is CN=C(NCCCOc1ccccc1C)NCCN1CCOCC1. The van der Waals surface area contributed by atoms with Crippen LogP contribution >= 0.6 is 0 Å². The predicted molar refractivity (Wildman–Crippen MR) is 97.9 cm³/mol. The van der Waals surface area contributed by atoms with Crippen molar-refractivity contribution in [3.8, 4) is 5.75 Å². The lowest BCUT2D eigenvalue weighted by Crippen LogP contribution is -2.44. The van der Waals surface area contributed by atoms with Crippen LogP contribution in [0, 0.1) is 6.92 Å². The third kappa shape index (κ3) is 6.76. The van der Waals surface area contributed by atoms with Crippen LogP contribution < -0.4 is 15.4 Å². The number of hydrogen-bond acceptors (Lipinski definition) is 4. The monoisotopic (exact) mass is 334 g/mol. The van der Waals surface area contributed by atoms with Gasteiger partial charge in [-0.1, -0.05) is 18.2 Å². The van der Waals surface area contributed by atoms with Gasteiger partial charge in [-0.25, -0.2) is 0 Å². The standard InChI is InChI=1S/C18H30N4O2/c1-16-6-3-4-7-17(16)24-13-5-8-20-18(19-2)21-9-10-22-11-14-23-15-12-22/h3-4,6-7H,5,8-15H2,1-2H3,(H2,19,20,21). The van der Waals surface area contributed by atoms with Gasteiger partial charge in [-0.2, -0.15) is 0 Å². The van der Waals surface area contributed by atoms with Crippen molar-refractivity contribution in [2.24, 2.45) is 4.99 Å². The summed E-state index contributed by atoms with van der Waals surface area (Å²) in [6.07, 6.45) is 0.929.